The molecule has 4 aromatic rings. The summed E-state index contributed by atoms with van der Waals surface area (Å²) in [4.78, 5) is 37.9. The number of nitrogens with zero attached hydrogens (tertiary/aromatic N) is 5. The monoisotopic (exact) mass is 475 g/mol. The van der Waals surface area contributed by atoms with Crippen LogP contribution < -0.4 is 28.1 Å². The van der Waals surface area contributed by atoms with E-state index in [0.29, 0.717) is 5.69 Å². The van der Waals surface area contributed by atoms with E-state index in [0.717, 1.165) is 0 Å². The first-order chi connectivity index (χ1) is 16.2. The van der Waals surface area contributed by atoms with Crippen molar-refractivity contribution in [3.8, 4) is 11.8 Å². The van der Waals surface area contributed by atoms with Crippen LogP contribution in [-0.2, 0) is 0 Å². The molecular weight excluding hydrogens is 458 g/mol. The van der Waals surface area contributed by atoms with Crippen LogP contribution in [0.15, 0.2) is 47.3 Å². The van der Waals surface area contributed by atoms with Crippen LogP contribution in [0, 0.1) is 11.3 Å². The van der Waals surface area contributed by atoms with Crippen molar-refractivity contribution < 1.29 is 4.79 Å². The van der Waals surface area contributed by atoms with Gasteiger partial charge in [0.25, 0.3) is 5.56 Å². The van der Waals surface area contributed by atoms with Gasteiger partial charge < -0.3 is 22.5 Å². The molecule has 0 aliphatic carbocycles. The zero-order chi connectivity index (χ0) is 24.6. The number of nitrogens with two attached hydrogens (primary N) is 3. The summed E-state index contributed by atoms with van der Waals surface area (Å²) in [5.74, 6) is -0.412. The molecule has 0 bridgehead atoms. The van der Waals surface area contributed by atoms with Gasteiger partial charge in [0, 0.05) is 5.56 Å². The number of fused-ring (bicyclic) bond motifs is 1. The number of para-hydroxylation sites is 1. The van der Waals surface area contributed by atoms with E-state index in [9.17, 15) is 14.9 Å². The van der Waals surface area contributed by atoms with Crippen molar-refractivity contribution in [3.05, 3.63) is 74.8 Å². The van der Waals surface area contributed by atoms with Gasteiger partial charge in [0.05, 0.1) is 28.2 Å². The number of hydrogen-bond acceptors (Lipinski definition) is 9. The summed E-state index contributed by atoms with van der Waals surface area (Å²) in [5.41, 5.74) is 17.5. The number of hydrogen-bond donors (Lipinski definition) is 4. The maximum Gasteiger partial charge on any atom is 0.266 e. The number of rotatable bonds is 5. The van der Waals surface area contributed by atoms with Gasteiger partial charge in [-0.15, -0.1) is 0 Å². The fourth-order valence-corrected chi connectivity index (χ4v) is 3.64. The summed E-state index contributed by atoms with van der Waals surface area (Å²) < 4.78 is 1.33. The lowest BCUT2D eigenvalue weighted by molar-refractivity contribution is 0.1000. The number of primary amides is 1. The van der Waals surface area contributed by atoms with Crippen molar-refractivity contribution in [2.75, 3.05) is 16.8 Å². The van der Waals surface area contributed by atoms with E-state index in [4.69, 9.17) is 28.8 Å². The molecule has 12 heteroatoms. The first-order valence-electron chi connectivity index (χ1n) is 9.92. The predicted octanol–water partition coefficient (Wildman–Crippen LogP) is 2.14. The maximum atomic E-state index is 13.6. The van der Waals surface area contributed by atoms with E-state index in [1.807, 2.05) is 0 Å². The lowest BCUT2D eigenvalue weighted by atomic mass is 10.1. The Labute approximate surface area is 197 Å². The number of carbonyl (C=O) groups excluding carboxylic acids is 1. The van der Waals surface area contributed by atoms with Crippen LogP contribution in [0.2, 0.25) is 5.02 Å². The second-order valence-electron chi connectivity index (χ2n) is 7.33. The van der Waals surface area contributed by atoms with Gasteiger partial charge in [-0.3, -0.25) is 14.2 Å². The second-order valence-corrected chi connectivity index (χ2v) is 7.71. The minimum absolute atomic E-state index is 0.0198. The summed E-state index contributed by atoms with van der Waals surface area (Å²) in [5, 5.41) is 12.9. The third kappa shape index (κ3) is 3.94. The van der Waals surface area contributed by atoms with E-state index in [-0.39, 0.29) is 50.5 Å². The molecule has 4 rings (SSSR count). The Morgan fingerprint density at radius 2 is 1.91 bits per heavy atom. The molecular formula is C22H18ClN9O2. The molecule has 0 aliphatic rings. The Kier molecular flexibility index (Phi) is 5.75. The molecule has 1 unspecified atom stereocenters. The summed E-state index contributed by atoms with van der Waals surface area (Å²) >= 11 is 6.23. The van der Waals surface area contributed by atoms with Gasteiger partial charge in [-0.05, 0) is 37.3 Å². The average Bonchev–Trinajstić information content (AvgIpc) is 2.81. The Hall–Kier alpha value is -4.69. The van der Waals surface area contributed by atoms with E-state index < -0.39 is 17.5 Å². The molecule has 0 fully saturated rings. The molecule has 1 amide bonds. The van der Waals surface area contributed by atoms with Crippen molar-refractivity contribution in [2.45, 2.75) is 13.0 Å². The summed E-state index contributed by atoms with van der Waals surface area (Å²) in [6.45, 7) is 1.71. The Bertz CT molecular complexity index is 1560. The molecule has 0 spiro atoms. The first-order valence-corrected chi connectivity index (χ1v) is 10.3. The fourth-order valence-electron chi connectivity index (χ4n) is 3.50. The molecule has 7 N–H and O–H groups in total. The van der Waals surface area contributed by atoms with Crippen molar-refractivity contribution in [3.63, 3.8) is 0 Å². The first kappa shape index (κ1) is 22.5. The van der Waals surface area contributed by atoms with Crippen LogP contribution in [0.1, 0.15) is 34.7 Å². The topological polar surface area (TPSA) is 192 Å². The number of amides is 1. The summed E-state index contributed by atoms with van der Waals surface area (Å²) in [7, 11) is 0. The third-order valence-corrected chi connectivity index (χ3v) is 5.44. The molecule has 34 heavy (non-hydrogen) atoms. The highest BCUT2D eigenvalue weighted by molar-refractivity contribution is 6.35. The molecule has 11 nitrogen and oxygen atoms in total. The van der Waals surface area contributed by atoms with Gasteiger partial charge in [-0.25, -0.2) is 4.98 Å². The molecule has 2 aromatic carbocycles. The van der Waals surface area contributed by atoms with Crippen molar-refractivity contribution in [1.29, 1.82) is 5.26 Å². The Morgan fingerprint density at radius 1 is 1.18 bits per heavy atom. The van der Waals surface area contributed by atoms with Gasteiger partial charge in [0.1, 0.15) is 22.7 Å². The van der Waals surface area contributed by atoms with Gasteiger partial charge >= 0.3 is 0 Å². The van der Waals surface area contributed by atoms with Crippen molar-refractivity contribution >= 4 is 46.0 Å². The van der Waals surface area contributed by atoms with E-state index in [1.165, 1.54) is 16.7 Å². The van der Waals surface area contributed by atoms with Crippen molar-refractivity contribution in [2.24, 2.45) is 5.73 Å². The zero-order valence-electron chi connectivity index (χ0n) is 17.8. The predicted molar refractivity (Wildman–Crippen MR) is 128 cm³/mol. The molecule has 0 saturated carbocycles. The maximum absolute atomic E-state index is 13.6. The zero-order valence-corrected chi connectivity index (χ0v) is 18.5. The van der Waals surface area contributed by atoms with Gasteiger partial charge in [0.2, 0.25) is 11.9 Å². The Morgan fingerprint density at radius 3 is 2.62 bits per heavy atom. The van der Waals surface area contributed by atoms with E-state index in [1.54, 1.807) is 37.3 Å². The van der Waals surface area contributed by atoms with E-state index >= 15 is 0 Å². The highest BCUT2D eigenvalue weighted by Gasteiger charge is 2.22. The molecule has 170 valence electrons. The number of anilines is 3. The van der Waals surface area contributed by atoms with Gasteiger partial charge in [-0.1, -0.05) is 23.7 Å². The molecule has 0 aliphatic heterocycles. The van der Waals surface area contributed by atoms with E-state index in [2.05, 4.69) is 26.3 Å². The fraction of sp³-hybridized carbons (Fsp3) is 0.0909. The molecule has 2 heterocycles. The van der Waals surface area contributed by atoms with Crippen LogP contribution in [0.3, 0.4) is 0 Å². The number of aromatic nitrogens is 4. The van der Waals surface area contributed by atoms with Crippen LogP contribution >= 0.6 is 11.6 Å². The summed E-state index contributed by atoms with van der Waals surface area (Å²) in [6.07, 6.45) is 0. The molecule has 1 atom stereocenters. The van der Waals surface area contributed by atoms with Crippen molar-refractivity contribution in [1.82, 2.24) is 19.5 Å². The lowest BCUT2D eigenvalue weighted by Gasteiger charge is -2.21. The minimum atomic E-state index is -0.688. The molecule has 0 saturated heterocycles. The average molecular weight is 476 g/mol. The molecule has 2 aromatic heterocycles. The standard InChI is InChI=1S/C22H18ClN9O2/c1-10(28-19-15(23)17(25)30-22(27)31-19)20-29-16-12(9-24)5-3-7-14(16)21(34)32(20)13-6-2-4-11(8-13)18(26)33/h2-8,10H,1H3,(H2,26,33)(H5,25,27,28,30,31). The van der Waals surface area contributed by atoms with Crippen LogP contribution in [-0.4, -0.2) is 25.4 Å². The van der Waals surface area contributed by atoms with Crippen LogP contribution in [0.5, 0.6) is 0 Å². The van der Waals surface area contributed by atoms with Crippen LogP contribution in [0.4, 0.5) is 17.6 Å². The second kappa shape index (κ2) is 8.68. The SMILES string of the molecule is CC(Nc1nc(N)nc(N)c1Cl)c1nc2c(C#N)cccc2c(=O)n1-c1cccc(C(N)=O)c1. The largest absolute Gasteiger partial charge is 0.382 e. The smallest absolute Gasteiger partial charge is 0.266 e. The summed E-state index contributed by atoms with van der Waals surface area (Å²) in [6, 6.07) is 12.4. The number of carbonyl (C=O) groups is 1. The third-order valence-electron chi connectivity index (χ3n) is 5.07. The minimum Gasteiger partial charge on any atom is -0.382 e. The van der Waals surface area contributed by atoms with Crippen LogP contribution in [0.25, 0.3) is 16.6 Å². The number of halogens is 1. The molecule has 0 radical (unpaired) electrons. The lowest BCUT2D eigenvalue weighted by Crippen LogP contribution is -2.28. The number of benzene rings is 2. The normalized spacial score (nSPS) is 11.7. The van der Waals surface area contributed by atoms with Gasteiger partial charge in [-0.2, -0.15) is 15.2 Å². The Balaban J connectivity index is 1.99. The number of nitriles is 1. The number of nitrogens with one attached hydrogen (secondary N) is 1. The quantitative estimate of drug-likeness (QED) is 0.334. The highest BCUT2D eigenvalue weighted by Crippen LogP contribution is 2.29. The highest BCUT2D eigenvalue weighted by atomic mass is 35.5. The van der Waals surface area contributed by atoms with Gasteiger partial charge in [0.15, 0.2) is 5.82 Å². The number of nitrogen functional groups attached to an aromatic ring is 2.